The Morgan fingerprint density at radius 3 is 2.50 bits per heavy atom. The molecule has 14 heavy (non-hydrogen) atoms. The van der Waals surface area contributed by atoms with E-state index in [1.807, 2.05) is 6.92 Å². The maximum atomic E-state index is 12.8. The highest BCUT2D eigenvalue weighted by atomic mass is 19.3. The highest BCUT2D eigenvalue weighted by Gasteiger charge is 2.47. The van der Waals surface area contributed by atoms with Gasteiger partial charge in [-0.2, -0.15) is 8.78 Å². The summed E-state index contributed by atoms with van der Waals surface area (Å²) in [6.07, 6.45) is -0.464. The molecule has 0 aromatic heterocycles. The second-order valence-electron chi connectivity index (χ2n) is 3.11. The predicted octanol–water partition coefficient (Wildman–Crippen LogP) is 2.30. The summed E-state index contributed by atoms with van der Waals surface area (Å²) >= 11 is 0. The van der Waals surface area contributed by atoms with Crippen LogP contribution in [-0.4, -0.2) is 35.5 Å². The number of halogens is 4. The van der Waals surface area contributed by atoms with E-state index in [4.69, 9.17) is 0 Å². The monoisotopic (exact) mass is 212 g/mol. The molecular formula is C8H12F4N2. The van der Waals surface area contributed by atoms with Crippen LogP contribution in [0.1, 0.15) is 13.3 Å². The predicted molar refractivity (Wildman–Crippen MR) is 43.8 cm³/mol. The van der Waals surface area contributed by atoms with Crippen molar-refractivity contribution in [1.82, 2.24) is 9.80 Å². The minimum absolute atomic E-state index is 0.175. The van der Waals surface area contributed by atoms with Gasteiger partial charge >= 0.3 is 12.5 Å². The van der Waals surface area contributed by atoms with E-state index in [0.29, 0.717) is 11.4 Å². The molecule has 6 heteroatoms. The zero-order valence-corrected chi connectivity index (χ0v) is 7.76. The molecule has 0 saturated heterocycles. The summed E-state index contributed by atoms with van der Waals surface area (Å²) in [5, 5.41) is 0. The molecule has 0 saturated carbocycles. The van der Waals surface area contributed by atoms with Crippen molar-refractivity contribution in [2.75, 3.05) is 13.2 Å². The Balaban J connectivity index is 2.54. The molecule has 0 aromatic carbocycles. The van der Waals surface area contributed by atoms with Crippen LogP contribution in [0.15, 0.2) is 12.4 Å². The smallest absolute Gasteiger partial charge is 0.358 e. The van der Waals surface area contributed by atoms with E-state index < -0.39 is 12.5 Å². The first-order chi connectivity index (χ1) is 6.48. The van der Waals surface area contributed by atoms with E-state index in [1.165, 1.54) is 6.20 Å². The largest absolute Gasteiger partial charge is 0.386 e. The number of hydrogen-bond acceptors (Lipinski definition) is 2. The van der Waals surface area contributed by atoms with Gasteiger partial charge in [0.1, 0.15) is 0 Å². The molecule has 1 aliphatic heterocycles. The Hall–Kier alpha value is -0.940. The highest BCUT2D eigenvalue weighted by molar-refractivity contribution is 4.94. The van der Waals surface area contributed by atoms with Crippen LogP contribution in [0, 0.1) is 0 Å². The Labute approximate surface area is 79.8 Å². The highest BCUT2D eigenvalue weighted by Crippen LogP contribution is 2.30. The summed E-state index contributed by atoms with van der Waals surface area (Å²) in [7, 11) is 0. The normalized spacial score (nSPS) is 17.3. The summed E-state index contributed by atoms with van der Waals surface area (Å²) in [6, 6.07) is -4.07. The third kappa shape index (κ3) is 2.10. The van der Waals surface area contributed by atoms with Gasteiger partial charge in [0.05, 0.1) is 6.67 Å². The molecule has 82 valence electrons. The Bertz CT molecular complexity index is 217. The van der Waals surface area contributed by atoms with Gasteiger partial charge in [-0.1, -0.05) is 6.92 Å². The summed E-state index contributed by atoms with van der Waals surface area (Å²) in [5.41, 5.74) is 0. The SMILES string of the molecule is CCCN1C=CN(C(F)(F)C(F)F)C1. The minimum atomic E-state index is -4.07. The first-order valence-corrected chi connectivity index (χ1v) is 4.33. The van der Waals surface area contributed by atoms with Crippen molar-refractivity contribution in [3.63, 3.8) is 0 Å². The maximum absolute atomic E-state index is 12.8. The second-order valence-corrected chi connectivity index (χ2v) is 3.11. The van der Waals surface area contributed by atoms with E-state index in [1.54, 1.807) is 4.90 Å². The van der Waals surface area contributed by atoms with Crippen LogP contribution in [0.5, 0.6) is 0 Å². The molecule has 0 aliphatic carbocycles. The van der Waals surface area contributed by atoms with E-state index >= 15 is 0 Å². The van der Waals surface area contributed by atoms with Crippen LogP contribution in [0.4, 0.5) is 17.6 Å². The Morgan fingerprint density at radius 1 is 1.36 bits per heavy atom. The lowest BCUT2D eigenvalue weighted by molar-refractivity contribution is -0.213. The number of nitrogens with zero attached hydrogens (tertiary/aromatic N) is 2. The molecular weight excluding hydrogens is 200 g/mol. The van der Waals surface area contributed by atoms with Crippen LogP contribution in [0.3, 0.4) is 0 Å². The molecule has 1 aliphatic rings. The second kappa shape index (κ2) is 4.06. The van der Waals surface area contributed by atoms with Gasteiger partial charge in [-0.3, -0.25) is 4.90 Å². The first-order valence-electron chi connectivity index (χ1n) is 4.33. The van der Waals surface area contributed by atoms with Gasteiger partial charge in [0.25, 0.3) is 0 Å². The zero-order chi connectivity index (χ0) is 10.8. The fraction of sp³-hybridized carbons (Fsp3) is 0.750. The van der Waals surface area contributed by atoms with Crippen molar-refractivity contribution < 1.29 is 17.6 Å². The lowest BCUT2D eigenvalue weighted by Gasteiger charge is -2.28. The molecule has 0 bridgehead atoms. The Morgan fingerprint density at radius 2 is 2.00 bits per heavy atom. The van der Waals surface area contributed by atoms with Crippen molar-refractivity contribution in [2.45, 2.75) is 25.8 Å². The number of rotatable bonds is 4. The number of alkyl halides is 4. The van der Waals surface area contributed by atoms with Gasteiger partial charge in [0.2, 0.25) is 0 Å². The summed E-state index contributed by atoms with van der Waals surface area (Å²) in [5.74, 6) is 0. The van der Waals surface area contributed by atoms with Crippen molar-refractivity contribution in [2.24, 2.45) is 0 Å². The lowest BCUT2D eigenvalue weighted by atomic mass is 10.4. The zero-order valence-electron chi connectivity index (χ0n) is 7.76. The van der Waals surface area contributed by atoms with E-state index in [9.17, 15) is 17.6 Å². The van der Waals surface area contributed by atoms with E-state index in [2.05, 4.69) is 0 Å². The average Bonchev–Trinajstić information content (AvgIpc) is 2.53. The van der Waals surface area contributed by atoms with Gasteiger partial charge in [0.15, 0.2) is 0 Å². The molecule has 0 aromatic rings. The van der Waals surface area contributed by atoms with Crippen molar-refractivity contribution in [1.29, 1.82) is 0 Å². The maximum Gasteiger partial charge on any atom is 0.386 e. The molecule has 0 unspecified atom stereocenters. The molecule has 0 radical (unpaired) electrons. The minimum Gasteiger partial charge on any atom is -0.358 e. The fourth-order valence-electron chi connectivity index (χ4n) is 1.22. The van der Waals surface area contributed by atoms with Crippen LogP contribution >= 0.6 is 0 Å². The number of hydrogen-bond donors (Lipinski definition) is 0. The summed E-state index contributed by atoms with van der Waals surface area (Å²) in [4.78, 5) is 1.92. The fourth-order valence-corrected chi connectivity index (χ4v) is 1.22. The lowest BCUT2D eigenvalue weighted by Crippen LogP contribution is -2.45. The molecule has 0 atom stereocenters. The molecule has 0 fully saturated rings. The molecule has 2 nitrogen and oxygen atoms in total. The third-order valence-electron chi connectivity index (χ3n) is 1.95. The molecule has 0 N–H and O–H groups in total. The van der Waals surface area contributed by atoms with Crippen molar-refractivity contribution in [3.8, 4) is 0 Å². The van der Waals surface area contributed by atoms with Crippen molar-refractivity contribution >= 4 is 0 Å². The van der Waals surface area contributed by atoms with Crippen molar-refractivity contribution in [3.05, 3.63) is 12.4 Å². The van der Waals surface area contributed by atoms with Crippen LogP contribution < -0.4 is 0 Å². The Kier molecular flexibility index (Phi) is 3.23. The van der Waals surface area contributed by atoms with Gasteiger partial charge in [0, 0.05) is 18.9 Å². The third-order valence-corrected chi connectivity index (χ3v) is 1.95. The van der Waals surface area contributed by atoms with Gasteiger partial charge < -0.3 is 4.90 Å². The molecule has 0 amide bonds. The topological polar surface area (TPSA) is 6.48 Å². The molecule has 1 heterocycles. The summed E-state index contributed by atoms with van der Waals surface area (Å²) < 4.78 is 49.4. The first kappa shape index (κ1) is 11.1. The summed E-state index contributed by atoms with van der Waals surface area (Å²) in [6.45, 7) is 2.30. The van der Waals surface area contributed by atoms with Gasteiger partial charge in [-0.25, -0.2) is 8.78 Å². The van der Waals surface area contributed by atoms with E-state index in [0.717, 1.165) is 12.6 Å². The van der Waals surface area contributed by atoms with Crippen LogP contribution in [0.25, 0.3) is 0 Å². The van der Waals surface area contributed by atoms with Gasteiger partial charge in [-0.05, 0) is 6.42 Å². The average molecular weight is 212 g/mol. The molecule has 1 rings (SSSR count). The van der Waals surface area contributed by atoms with Crippen LogP contribution in [-0.2, 0) is 0 Å². The molecule has 0 spiro atoms. The van der Waals surface area contributed by atoms with Crippen LogP contribution in [0.2, 0.25) is 0 Å². The van der Waals surface area contributed by atoms with E-state index in [-0.39, 0.29) is 6.67 Å². The van der Waals surface area contributed by atoms with Gasteiger partial charge in [-0.15, -0.1) is 0 Å². The standard InChI is InChI=1S/C8H12F4N2/c1-2-3-13-4-5-14(6-13)8(11,12)7(9)10/h4-5,7H,2-3,6H2,1H3. The quantitative estimate of drug-likeness (QED) is 0.521.